The zero-order valence-electron chi connectivity index (χ0n) is 10.8. The fraction of sp³-hybridized carbons (Fsp3) is 1.00. The van der Waals surface area contributed by atoms with E-state index in [0.717, 1.165) is 19.6 Å². The predicted octanol–water partition coefficient (Wildman–Crippen LogP) is 1.05. The molecule has 0 amide bonds. The van der Waals surface area contributed by atoms with Crippen molar-refractivity contribution in [1.29, 1.82) is 0 Å². The molecule has 0 aromatic carbocycles. The van der Waals surface area contributed by atoms with E-state index in [1.807, 2.05) is 0 Å². The number of hydrogen-bond donors (Lipinski definition) is 2. The summed E-state index contributed by atoms with van der Waals surface area (Å²) in [5.74, 6) is 0. The van der Waals surface area contributed by atoms with E-state index < -0.39 is 0 Å². The molecule has 0 aliphatic heterocycles. The number of hydrogen-bond acceptors (Lipinski definition) is 3. The van der Waals surface area contributed by atoms with Crippen molar-refractivity contribution in [3.63, 3.8) is 0 Å². The zero-order valence-corrected chi connectivity index (χ0v) is 10.8. The molecule has 1 unspecified atom stereocenters. The molecule has 1 fully saturated rings. The molecule has 0 bridgehead atoms. The molecular formula is C12H27N3. The standard InChI is InChI=1S/C12H27N3/c1-11(2)6-5-7-12(11,10-13)14-8-9-15(3)4/h14H,5-10,13H2,1-4H3. The number of nitrogens with two attached hydrogens (primary N) is 1. The van der Waals surface area contributed by atoms with Crippen molar-refractivity contribution in [3.8, 4) is 0 Å². The molecule has 0 heterocycles. The Hall–Kier alpha value is -0.120. The zero-order chi connectivity index (χ0) is 11.5. The van der Waals surface area contributed by atoms with Gasteiger partial charge in [-0.15, -0.1) is 0 Å². The molecular weight excluding hydrogens is 186 g/mol. The highest BCUT2D eigenvalue weighted by atomic mass is 15.1. The third-order valence-electron chi connectivity index (χ3n) is 4.07. The Labute approximate surface area is 94.4 Å². The van der Waals surface area contributed by atoms with Crippen molar-refractivity contribution < 1.29 is 0 Å². The smallest absolute Gasteiger partial charge is 0.0355 e. The van der Waals surface area contributed by atoms with Gasteiger partial charge in [-0.2, -0.15) is 0 Å². The van der Waals surface area contributed by atoms with Crippen LogP contribution in [0.3, 0.4) is 0 Å². The Kier molecular flexibility index (Phi) is 4.15. The van der Waals surface area contributed by atoms with Crippen LogP contribution in [-0.2, 0) is 0 Å². The Balaban J connectivity index is 2.53. The summed E-state index contributed by atoms with van der Waals surface area (Å²) in [4.78, 5) is 2.21. The van der Waals surface area contributed by atoms with Gasteiger partial charge in [-0.25, -0.2) is 0 Å². The van der Waals surface area contributed by atoms with Crippen molar-refractivity contribution in [1.82, 2.24) is 10.2 Å². The quantitative estimate of drug-likeness (QED) is 0.717. The molecule has 1 aliphatic carbocycles. The van der Waals surface area contributed by atoms with Gasteiger partial charge >= 0.3 is 0 Å². The maximum Gasteiger partial charge on any atom is 0.0355 e. The van der Waals surface area contributed by atoms with Crippen LogP contribution in [0.5, 0.6) is 0 Å². The van der Waals surface area contributed by atoms with Crippen LogP contribution in [0.4, 0.5) is 0 Å². The van der Waals surface area contributed by atoms with E-state index >= 15 is 0 Å². The first-order chi connectivity index (χ1) is 6.93. The van der Waals surface area contributed by atoms with Gasteiger partial charge < -0.3 is 16.0 Å². The van der Waals surface area contributed by atoms with E-state index in [0.29, 0.717) is 5.41 Å². The third-order valence-corrected chi connectivity index (χ3v) is 4.07. The van der Waals surface area contributed by atoms with Gasteiger partial charge in [0.2, 0.25) is 0 Å². The maximum absolute atomic E-state index is 5.99. The van der Waals surface area contributed by atoms with E-state index in [1.165, 1.54) is 19.3 Å². The normalized spacial score (nSPS) is 30.0. The summed E-state index contributed by atoms with van der Waals surface area (Å²) in [5, 5.41) is 3.70. The molecule has 1 saturated carbocycles. The molecule has 0 saturated heterocycles. The van der Waals surface area contributed by atoms with Crippen molar-refractivity contribution >= 4 is 0 Å². The molecule has 1 rings (SSSR count). The fourth-order valence-electron chi connectivity index (χ4n) is 2.71. The first-order valence-electron chi connectivity index (χ1n) is 6.03. The average Bonchev–Trinajstić information content (AvgIpc) is 2.42. The molecule has 0 aromatic rings. The van der Waals surface area contributed by atoms with E-state index in [-0.39, 0.29) is 5.54 Å². The number of nitrogens with one attached hydrogen (secondary N) is 1. The summed E-state index contributed by atoms with van der Waals surface area (Å²) in [6.07, 6.45) is 3.82. The van der Waals surface area contributed by atoms with Gasteiger partial charge in [0.15, 0.2) is 0 Å². The average molecular weight is 213 g/mol. The van der Waals surface area contributed by atoms with Crippen LogP contribution in [0.1, 0.15) is 33.1 Å². The SMILES string of the molecule is CN(C)CCNC1(CN)CCCC1(C)C. The first kappa shape index (κ1) is 12.9. The molecule has 0 aromatic heterocycles. The molecule has 0 radical (unpaired) electrons. The van der Waals surface area contributed by atoms with Crippen LogP contribution in [0.25, 0.3) is 0 Å². The molecule has 0 spiro atoms. The topological polar surface area (TPSA) is 41.3 Å². The molecule has 15 heavy (non-hydrogen) atoms. The van der Waals surface area contributed by atoms with Crippen molar-refractivity contribution in [2.75, 3.05) is 33.7 Å². The van der Waals surface area contributed by atoms with Gasteiger partial charge in [0, 0.05) is 25.2 Å². The van der Waals surface area contributed by atoms with E-state index in [2.05, 4.69) is 38.2 Å². The van der Waals surface area contributed by atoms with Gasteiger partial charge in [0.05, 0.1) is 0 Å². The second-order valence-corrected chi connectivity index (χ2v) is 5.75. The summed E-state index contributed by atoms with van der Waals surface area (Å²) in [6.45, 7) is 7.56. The summed E-state index contributed by atoms with van der Waals surface area (Å²) in [5.41, 5.74) is 6.50. The van der Waals surface area contributed by atoms with Crippen LogP contribution in [0.2, 0.25) is 0 Å². The van der Waals surface area contributed by atoms with Crippen LogP contribution >= 0.6 is 0 Å². The Morgan fingerprint density at radius 1 is 1.27 bits per heavy atom. The molecule has 3 heteroatoms. The van der Waals surface area contributed by atoms with E-state index in [4.69, 9.17) is 5.73 Å². The Morgan fingerprint density at radius 3 is 2.33 bits per heavy atom. The Bertz CT molecular complexity index is 201. The predicted molar refractivity (Wildman–Crippen MR) is 66.0 cm³/mol. The number of likely N-dealkylation sites (N-methyl/N-ethyl adjacent to an activating group) is 1. The first-order valence-corrected chi connectivity index (χ1v) is 6.03. The maximum atomic E-state index is 5.99. The van der Waals surface area contributed by atoms with E-state index in [9.17, 15) is 0 Å². The molecule has 3 N–H and O–H groups in total. The molecule has 1 aliphatic rings. The van der Waals surface area contributed by atoms with Gasteiger partial charge in [0.25, 0.3) is 0 Å². The second kappa shape index (κ2) is 4.81. The lowest BCUT2D eigenvalue weighted by Gasteiger charge is -2.42. The second-order valence-electron chi connectivity index (χ2n) is 5.75. The van der Waals surface area contributed by atoms with Gasteiger partial charge in [-0.1, -0.05) is 20.3 Å². The lowest BCUT2D eigenvalue weighted by molar-refractivity contribution is 0.160. The van der Waals surface area contributed by atoms with Crippen LogP contribution in [0, 0.1) is 5.41 Å². The molecule has 3 nitrogen and oxygen atoms in total. The lowest BCUT2D eigenvalue weighted by Crippen LogP contribution is -2.58. The van der Waals surface area contributed by atoms with Crippen LogP contribution < -0.4 is 11.1 Å². The van der Waals surface area contributed by atoms with Crippen LogP contribution in [0.15, 0.2) is 0 Å². The van der Waals surface area contributed by atoms with Crippen LogP contribution in [-0.4, -0.2) is 44.2 Å². The summed E-state index contributed by atoms with van der Waals surface area (Å²) in [6, 6.07) is 0. The monoisotopic (exact) mass is 213 g/mol. The number of rotatable bonds is 5. The third kappa shape index (κ3) is 2.71. The van der Waals surface area contributed by atoms with E-state index in [1.54, 1.807) is 0 Å². The Morgan fingerprint density at radius 2 is 1.93 bits per heavy atom. The van der Waals surface area contributed by atoms with Gasteiger partial charge in [0.1, 0.15) is 0 Å². The number of nitrogens with zero attached hydrogens (tertiary/aromatic N) is 1. The van der Waals surface area contributed by atoms with Crippen molar-refractivity contribution in [2.45, 2.75) is 38.6 Å². The van der Waals surface area contributed by atoms with Crippen molar-refractivity contribution in [2.24, 2.45) is 11.1 Å². The molecule has 1 atom stereocenters. The van der Waals surface area contributed by atoms with Gasteiger partial charge in [-0.3, -0.25) is 0 Å². The highest BCUT2D eigenvalue weighted by Crippen LogP contribution is 2.45. The minimum atomic E-state index is 0.170. The highest BCUT2D eigenvalue weighted by molar-refractivity contribution is 5.05. The minimum absolute atomic E-state index is 0.170. The summed E-state index contributed by atoms with van der Waals surface area (Å²) >= 11 is 0. The largest absolute Gasteiger partial charge is 0.329 e. The molecule has 90 valence electrons. The van der Waals surface area contributed by atoms with Gasteiger partial charge in [-0.05, 0) is 32.4 Å². The summed E-state index contributed by atoms with van der Waals surface area (Å²) < 4.78 is 0. The van der Waals surface area contributed by atoms with Crippen molar-refractivity contribution in [3.05, 3.63) is 0 Å². The fourth-order valence-corrected chi connectivity index (χ4v) is 2.71. The summed E-state index contributed by atoms with van der Waals surface area (Å²) in [7, 11) is 4.22. The minimum Gasteiger partial charge on any atom is -0.329 e. The highest BCUT2D eigenvalue weighted by Gasteiger charge is 2.47. The lowest BCUT2D eigenvalue weighted by atomic mass is 9.75.